The molecule has 0 bridgehead atoms. The summed E-state index contributed by atoms with van der Waals surface area (Å²) in [5.74, 6) is 1.34. The molecular formula is C17H21FN4O2. The van der Waals surface area contributed by atoms with E-state index in [1.807, 2.05) is 6.92 Å². The van der Waals surface area contributed by atoms with Crippen molar-refractivity contribution in [2.24, 2.45) is 0 Å². The number of benzene rings is 1. The number of aromatic nitrogens is 3. The highest BCUT2D eigenvalue weighted by Gasteiger charge is 2.25. The first-order valence-corrected chi connectivity index (χ1v) is 8.10. The van der Waals surface area contributed by atoms with Gasteiger partial charge in [0.25, 0.3) is 0 Å². The lowest BCUT2D eigenvalue weighted by molar-refractivity contribution is -0.133. The average Bonchev–Trinajstić information content (AvgIpc) is 2.88. The minimum Gasteiger partial charge on any atom is -0.487 e. The largest absolute Gasteiger partial charge is 0.487 e. The summed E-state index contributed by atoms with van der Waals surface area (Å²) in [6.07, 6.45) is 1.31. The molecule has 2 heterocycles. The second-order valence-corrected chi connectivity index (χ2v) is 5.99. The van der Waals surface area contributed by atoms with Crippen LogP contribution in [0.15, 0.2) is 24.3 Å². The first-order chi connectivity index (χ1) is 11.5. The summed E-state index contributed by atoms with van der Waals surface area (Å²) in [7, 11) is 0. The second kappa shape index (κ2) is 6.98. The van der Waals surface area contributed by atoms with Crippen LogP contribution in [0.1, 0.15) is 24.5 Å². The number of rotatable bonds is 4. The molecular weight excluding hydrogens is 311 g/mol. The number of likely N-dealkylation sites (tertiary alicyclic amines) is 1. The Kier molecular flexibility index (Phi) is 4.78. The first-order valence-electron chi connectivity index (χ1n) is 8.10. The zero-order chi connectivity index (χ0) is 17.1. The van der Waals surface area contributed by atoms with Crippen LogP contribution in [-0.2, 0) is 11.3 Å². The standard InChI is InChI=1S/C17H21FN4O2/c1-12-19-13(2)22(20-12)11-17(23)21-9-7-14(8-10-21)24-16-6-4-3-5-15(16)18/h3-6,14H,7-11H2,1-2H3. The Morgan fingerprint density at radius 2 is 2.00 bits per heavy atom. The Balaban J connectivity index is 1.52. The van der Waals surface area contributed by atoms with Gasteiger partial charge in [0.15, 0.2) is 11.6 Å². The number of amides is 1. The van der Waals surface area contributed by atoms with E-state index >= 15 is 0 Å². The van der Waals surface area contributed by atoms with Crippen LogP contribution in [0.3, 0.4) is 0 Å². The van der Waals surface area contributed by atoms with E-state index in [9.17, 15) is 9.18 Å². The molecule has 1 aromatic heterocycles. The number of hydrogen-bond donors (Lipinski definition) is 0. The maximum atomic E-state index is 13.6. The normalized spacial score (nSPS) is 15.5. The van der Waals surface area contributed by atoms with Gasteiger partial charge in [-0.05, 0) is 26.0 Å². The summed E-state index contributed by atoms with van der Waals surface area (Å²) in [5.41, 5.74) is 0. The molecule has 0 spiro atoms. The van der Waals surface area contributed by atoms with Gasteiger partial charge in [0, 0.05) is 25.9 Å². The van der Waals surface area contributed by atoms with Gasteiger partial charge < -0.3 is 9.64 Å². The molecule has 1 aliphatic rings. The molecule has 0 aliphatic carbocycles. The van der Waals surface area contributed by atoms with Crippen LogP contribution in [0.5, 0.6) is 5.75 Å². The molecule has 1 fully saturated rings. The van der Waals surface area contributed by atoms with E-state index in [-0.39, 0.29) is 30.1 Å². The van der Waals surface area contributed by atoms with Crippen LogP contribution in [0.4, 0.5) is 4.39 Å². The zero-order valence-corrected chi connectivity index (χ0v) is 13.9. The molecule has 24 heavy (non-hydrogen) atoms. The summed E-state index contributed by atoms with van der Waals surface area (Å²) in [5, 5.41) is 4.22. The van der Waals surface area contributed by atoms with Crippen molar-refractivity contribution in [2.45, 2.75) is 39.3 Å². The van der Waals surface area contributed by atoms with Gasteiger partial charge in [0.05, 0.1) is 0 Å². The molecule has 6 nitrogen and oxygen atoms in total. The average molecular weight is 332 g/mol. The molecule has 3 rings (SSSR count). The monoisotopic (exact) mass is 332 g/mol. The van der Waals surface area contributed by atoms with Crippen molar-refractivity contribution in [1.82, 2.24) is 19.7 Å². The van der Waals surface area contributed by atoms with Gasteiger partial charge in [-0.15, -0.1) is 0 Å². The van der Waals surface area contributed by atoms with E-state index in [2.05, 4.69) is 10.1 Å². The lowest BCUT2D eigenvalue weighted by Gasteiger charge is -2.32. The van der Waals surface area contributed by atoms with Gasteiger partial charge in [0.2, 0.25) is 5.91 Å². The van der Waals surface area contributed by atoms with Gasteiger partial charge in [0.1, 0.15) is 24.3 Å². The third-order valence-electron chi connectivity index (χ3n) is 4.17. The predicted molar refractivity (Wildman–Crippen MR) is 86.1 cm³/mol. The fourth-order valence-corrected chi connectivity index (χ4v) is 2.88. The van der Waals surface area contributed by atoms with Gasteiger partial charge in [-0.3, -0.25) is 4.79 Å². The maximum Gasteiger partial charge on any atom is 0.244 e. The number of carbonyl (C=O) groups excluding carboxylic acids is 1. The van der Waals surface area contributed by atoms with E-state index in [0.29, 0.717) is 31.8 Å². The minimum atomic E-state index is -0.354. The molecule has 1 amide bonds. The van der Waals surface area contributed by atoms with Crippen LogP contribution in [0.2, 0.25) is 0 Å². The highest BCUT2D eigenvalue weighted by atomic mass is 19.1. The summed E-state index contributed by atoms with van der Waals surface area (Å²) in [6.45, 7) is 5.04. The van der Waals surface area contributed by atoms with Crippen molar-refractivity contribution in [3.05, 3.63) is 41.7 Å². The number of para-hydroxylation sites is 1. The lowest BCUT2D eigenvalue weighted by Crippen LogP contribution is -2.43. The molecule has 0 radical (unpaired) electrons. The zero-order valence-electron chi connectivity index (χ0n) is 13.9. The molecule has 0 N–H and O–H groups in total. The Morgan fingerprint density at radius 3 is 2.62 bits per heavy atom. The number of ether oxygens (including phenoxy) is 1. The maximum absolute atomic E-state index is 13.6. The highest BCUT2D eigenvalue weighted by Crippen LogP contribution is 2.22. The van der Waals surface area contributed by atoms with Crippen LogP contribution in [0.25, 0.3) is 0 Å². The van der Waals surface area contributed by atoms with Crippen molar-refractivity contribution in [3.63, 3.8) is 0 Å². The second-order valence-electron chi connectivity index (χ2n) is 5.99. The van der Waals surface area contributed by atoms with Gasteiger partial charge in [-0.25, -0.2) is 14.1 Å². The molecule has 0 atom stereocenters. The minimum absolute atomic E-state index is 0.0207. The van der Waals surface area contributed by atoms with Gasteiger partial charge in [-0.2, -0.15) is 5.10 Å². The fraction of sp³-hybridized carbons (Fsp3) is 0.471. The van der Waals surface area contributed by atoms with Crippen LogP contribution < -0.4 is 4.74 Å². The van der Waals surface area contributed by atoms with Gasteiger partial charge >= 0.3 is 0 Å². The number of halogens is 1. The van der Waals surface area contributed by atoms with Crippen LogP contribution >= 0.6 is 0 Å². The number of nitrogens with zero attached hydrogens (tertiary/aromatic N) is 4. The number of aryl methyl sites for hydroxylation is 2. The van der Waals surface area contributed by atoms with Gasteiger partial charge in [-0.1, -0.05) is 12.1 Å². The van der Waals surface area contributed by atoms with Crippen molar-refractivity contribution in [2.75, 3.05) is 13.1 Å². The summed E-state index contributed by atoms with van der Waals surface area (Å²) in [4.78, 5) is 18.4. The van der Waals surface area contributed by atoms with Crippen molar-refractivity contribution < 1.29 is 13.9 Å². The Labute approximate surface area is 140 Å². The van der Waals surface area contributed by atoms with E-state index in [1.165, 1.54) is 6.07 Å². The molecule has 7 heteroatoms. The highest BCUT2D eigenvalue weighted by molar-refractivity contribution is 5.76. The Hall–Kier alpha value is -2.44. The summed E-state index contributed by atoms with van der Waals surface area (Å²) in [6, 6.07) is 6.40. The van der Waals surface area contributed by atoms with E-state index in [1.54, 1.807) is 34.7 Å². The fourth-order valence-electron chi connectivity index (χ4n) is 2.88. The smallest absolute Gasteiger partial charge is 0.244 e. The summed E-state index contributed by atoms with van der Waals surface area (Å²) >= 11 is 0. The predicted octanol–water partition coefficient (Wildman–Crippen LogP) is 2.10. The third kappa shape index (κ3) is 3.72. The quantitative estimate of drug-likeness (QED) is 0.860. The number of hydrogen-bond acceptors (Lipinski definition) is 4. The number of carbonyl (C=O) groups is 1. The molecule has 1 saturated heterocycles. The topological polar surface area (TPSA) is 60.2 Å². The molecule has 1 aromatic carbocycles. The molecule has 2 aromatic rings. The first kappa shape index (κ1) is 16.4. The molecule has 0 saturated carbocycles. The Morgan fingerprint density at radius 1 is 1.29 bits per heavy atom. The Bertz CT molecular complexity index is 723. The van der Waals surface area contributed by atoms with Crippen LogP contribution in [0, 0.1) is 19.7 Å². The molecule has 128 valence electrons. The molecule has 1 aliphatic heterocycles. The third-order valence-corrected chi connectivity index (χ3v) is 4.17. The summed E-state index contributed by atoms with van der Waals surface area (Å²) < 4.78 is 21.0. The van der Waals surface area contributed by atoms with E-state index in [0.717, 1.165) is 5.82 Å². The van der Waals surface area contributed by atoms with E-state index < -0.39 is 0 Å². The van der Waals surface area contributed by atoms with E-state index in [4.69, 9.17) is 4.74 Å². The van der Waals surface area contributed by atoms with Crippen molar-refractivity contribution in [1.29, 1.82) is 0 Å². The lowest BCUT2D eigenvalue weighted by atomic mass is 10.1. The molecule has 0 unspecified atom stereocenters. The van der Waals surface area contributed by atoms with Crippen molar-refractivity contribution in [3.8, 4) is 5.75 Å². The van der Waals surface area contributed by atoms with Crippen molar-refractivity contribution >= 4 is 5.91 Å². The SMILES string of the molecule is Cc1nc(C)n(CC(=O)N2CCC(Oc3ccccc3F)CC2)n1. The van der Waals surface area contributed by atoms with Crippen LogP contribution in [-0.4, -0.2) is 44.8 Å². The number of piperidine rings is 1.